The van der Waals surface area contributed by atoms with Gasteiger partial charge < -0.3 is 24.8 Å². The predicted molar refractivity (Wildman–Crippen MR) is 99.2 cm³/mol. The van der Waals surface area contributed by atoms with Crippen LogP contribution in [0.5, 0.6) is 11.5 Å². The Hall–Kier alpha value is -3.55. The van der Waals surface area contributed by atoms with Crippen molar-refractivity contribution in [3.8, 4) is 11.5 Å². The Kier molecular flexibility index (Phi) is 6.76. The van der Waals surface area contributed by atoms with E-state index in [1.165, 1.54) is 26.4 Å². The molecule has 0 fully saturated rings. The van der Waals surface area contributed by atoms with Crippen LogP contribution >= 0.6 is 0 Å². The predicted octanol–water partition coefficient (Wildman–Crippen LogP) is 2.46. The highest BCUT2D eigenvalue weighted by atomic mass is 16.5. The third-order valence-corrected chi connectivity index (χ3v) is 3.51. The minimum atomic E-state index is -1.01. The zero-order chi connectivity index (χ0) is 19.8. The second-order valence-electron chi connectivity index (χ2n) is 5.25. The summed E-state index contributed by atoms with van der Waals surface area (Å²) in [5, 5.41) is 5.13. The summed E-state index contributed by atoms with van der Waals surface area (Å²) < 4.78 is 15.2. The first-order chi connectivity index (χ1) is 13.0. The van der Waals surface area contributed by atoms with E-state index in [4.69, 9.17) is 9.47 Å². The average molecular weight is 372 g/mol. The molecule has 142 valence electrons. The number of amides is 2. The summed E-state index contributed by atoms with van der Waals surface area (Å²) in [5.41, 5.74) is 1.01. The lowest BCUT2D eigenvalue weighted by Gasteiger charge is -2.16. The van der Waals surface area contributed by atoms with Crippen LogP contribution in [0.4, 0.5) is 11.4 Å². The summed E-state index contributed by atoms with van der Waals surface area (Å²) in [4.78, 5) is 35.7. The van der Waals surface area contributed by atoms with E-state index in [1.54, 1.807) is 37.3 Å². The first kappa shape index (κ1) is 19.8. The lowest BCUT2D eigenvalue weighted by Crippen LogP contribution is -2.25. The van der Waals surface area contributed by atoms with E-state index in [0.29, 0.717) is 11.3 Å². The number of rotatable bonds is 6. The van der Waals surface area contributed by atoms with Gasteiger partial charge in [0.1, 0.15) is 11.5 Å². The quantitative estimate of drug-likeness (QED) is 0.596. The number of anilines is 2. The van der Waals surface area contributed by atoms with Gasteiger partial charge in [-0.3, -0.25) is 9.59 Å². The van der Waals surface area contributed by atoms with Crippen LogP contribution in [0, 0.1) is 0 Å². The molecule has 0 aliphatic heterocycles. The molecule has 2 rings (SSSR count). The molecular formula is C19H20N2O6. The number of carbonyl (C=O) groups excluding carboxylic acids is 3. The normalized spacial score (nSPS) is 9.89. The van der Waals surface area contributed by atoms with Crippen LogP contribution in [-0.2, 0) is 14.3 Å². The number of hydrogen-bond acceptors (Lipinski definition) is 6. The molecule has 0 aliphatic rings. The van der Waals surface area contributed by atoms with Gasteiger partial charge in [0.2, 0.25) is 0 Å². The molecule has 8 nitrogen and oxygen atoms in total. The number of benzene rings is 2. The van der Waals surface area contributed by atoms with Gasteiger partial charge in [0.15, 0.2) is 0 Å². The fraction of sp³-hybridized carbons (Fsp3) is 0.211. The monoisotopic (exact) mass is 372 g/mol. The van der Waals surface area contributed by atoms with Crippen LogP contribution in [0.3, 0.4) is 0 Å². The van der Waals surface area contributed by atoms with E-state index in [0.717, 1.165) is 0 Å². The summed E-state index contributed by atoms with van der Waals surface area (Å²) in [7, 11) is 2.81. The number of carbonyl (C=O) groups is 3. The van der Waals surface area contributed by atoms with E-state index in [-0.39, 0.29) is 29.7 Å². The van der Waals surface area contributed by atoms with Crippen LogP contribution < -0.4 is 20.1 Å². The molecule has 0 atom stereocenters. The maximum atomic E-state index is 12.4. The maximum Gasteiger partial charge on any atom is 0.397 e. The molecular weight excluding hydrogens is 352 g/mol. The van der Waals surface area contributed by atoms with E-state index in [1.807, 2.05) is 0 Å². The van der Waals surface area contributed by atoms with Crippen molar-refractivity contribution in [3.63, 3.8) is 0 Å². The highest BCUT2D eigenvalue weighted by molar-refractivity contribution is 6.37. The minimum Gasteiger partial charge on any atom is -0.494 e. The molecule has 2 aromatic carbocycles. The Morgan fingerprint density at radius 3 is 1.96 bits per heavy atom. The van der Waals surface area contributed by atoms with Gasteiger partial charge in [0, 0.05) is 17.7 Å². The standard InChI is InChI=1S/C19H20N2O6/c1-4-27-19(24)18(23)21-14-11-15(25-2)13(10-16(14)26-3)20-17(22)12-8-6-5-7-9-12/h5-11H,4H2,1-3H3,(H,20,22)(H,21,23). The second-order valence-corrected chi connectivity index (χ2v) is 5.25. The Labute approximate surface area is 156 Å². The van der Waals surface area contributed by atoms with Crippen molar-refractivity contribution in [1.29, 1.82) is 0 Å². The third-order valence-electron chi connectivity index (χ3n) is 3.51. The second kappa shape index (κ2) is 9.23. The van der Waals surface area contributed by atoms with E-state index in [9.17, 15) is 14.4 Å². The van der Waals surface area contributed by atoms with Crippen LogP contribution in [0.1, 0.15) is 17.3 Å². The molecule has 0 saturated carbocycles. The van der Waals surface area contributed by atoms with Crippen LogP contribution in [-0.4, -0.2) is 38.6 Å². The molecule has 0 bridgehead atoms. The Balaban J connectivity index is 2.28. The molecule has 0 radical (unpaired) electrons. The molecule has 27 heavy (non-hydrogen) atoms. The molecule has 0 saturated heterocycles. The summed E-state index contributed by atoms with van der Waals surface area (Å²) in [6.07, 6.45) is 0. The van der Waals surface area contributed by atoms with Crippen molar-refractivity contribution in [2.24, 2.45) is 0 Å². The highest BCUT2D eigenvalue weighted by Crippen LogP contribution is 2.36. The molecule has 0 aliphatic carbocycles. The molecule has 0 aromatic heterocycles. The summed E-state index contributed by atoms with van der Waals surface area (Å²) in [5.74, 6) is -1.78. The van der Waals surface area contributed by atoms with Crippen LogP contribution in [0.15, 0.2) is 42.5 Å². The largest absolute Gasteiger partial charge is 0.494 e. The number of nitrogens with one attached hydrogen (secondary N) is 2. The Morgan fingerprint density at radius 2 is 1.44 bits per heavy atom. The average Bonchev–Trinajstić information content (AvgIpc) is 2.69. The summed E-state index contributed by atoms with van der Waals surface area (Å²) in [6.45, 7) is 1.68. The fourth-order valence-electron chi connectivity index (χ4n) is 2.25. The van der Waals surface area contributed by atoms with E-state index >= 15 is 0 Å². The van der Waals surface area contributed by atoms with Gasteiger partial charge in [0.25, 0.3) is 5.91 Å². The third kappa shape index (κ3) is 4.97. The lowest BCUT2D eigenvalue weighted by molar-refractivity contribution is -0.152. The lowest BCUT2D eigenvalue weighted by atomic mass is 10.2. The van der Waals surface area contributed by atoms with Gasteiger partial charge >= 0.3 is 11.9 Å². The summed E-state index contributed by atoms with van der Waals surface area (Å²) in [6, 6.07) is 11.6. The Bertz CT molecular complexity index is 836. The molecule has 2 amide bonds. The number of ether oxygens (including phenoxy) is 3. The van der Waals surface area contributed by atoms with Gasteiger partial charge in [-0.1, -0.05) is 18.2 Å². The van der Waals surface area contributed by atoms with Crippen molar-refractivity contribution >= 4 is 29.2 Å². The Morgan fingerprint density at radius 1 is 0.889 bits per heavy atom. The van der Waals surface area contributed by atoms with Crippen LogP contribution in [0.25, 0.3) is 0 Å². The van der Waals surface area contributed by atoms with Gasteiger partial charge in [0.05, 0.1) is 32.2 Å². The number of hydrogen-bond donors (Lipinski definition) is 2. The van der Waals surface area contributed by atoms with E-state index in [2.05, 4.69) is 15.4 Å². The summed E-state index contributed by atoms with van der Waals surface area (Å²) >= 11 is 0. The van der Waals surface area contributed by atoms with Gasteiger partial charge in [-0.2, -0.15) is 0 Å². The molecule has 2 N–H and O–H groups in total. The van der Waals surface area contributed by atoms with Crippen molar-refractivity contribution in [2.45, 2.75) is 6.92 Å². The molecule has 0 spiro atoms. The first-order valence-electron chi connectivity index (χ1n) is 8.10. The molecule has 8 heteroatoms. The van der Waals surface area contributed by atoms with Crippen molar-refractivity contribution in [1.82, 2.24) is 0 Å². The highest BCUT2D eigenvalue weighted by Gasteiger charge is 2.20. The first-order valence-corrected chi connectivity index (χ1v) is 8.10. The molecule has 2 aromatic rings. The fourth-order valence-corrected chi connectivity index (χ4v) is 2.25. The SMILES string of the molecule is CCOC(=O)C(=O)Nc1cc(OC)c(NC(=O)c2ccccc2)cc1OC. The van der Waals surface area contributed by atoms with Crippen molar-refractivity contribution in [3.05, 3.63) is 48.0 Å². The van der Waals surface area contributed by atoms with Gasteiger partial charge in [-0.15, -0.1) is 0 Å². The number of esters is 1. The zero-order valence-electron chi connectivity index (χ0n) is 15.2. The topological polar surface area (TPSA) is 103 Å². The van der Waals surface area contributed by atoms with Gasteiger partial charge in [-0.25, -0.2) is 4.79 Å². The minimum absolute atomic E-state index is 0.0805. The maximum absolute atomic E-state index is 12.4. The van der Waals surface area contributed by atoms with Crippen molar-refractivity contribution < 1.29 is 28.6 Å². The van der Waals surface area contributed by atoms with E-state index < -0.39 is 11.9 Å². The smallest absolute Gasteiger partial charge is 0.397 e. The number of methoxy groups -OCH3 is 2. The van der Waals surface area contributed by atoms with Crippen molar-refractivity contribution in [2.75, 3.05) is 31.5 Å². The zero-order valence-corrected chi connectivity index (χ0v) is 15.2. The molecule has 0 unspecified atom stereocenters. The van der Waals surface area contributed by atoms with Crippen LogP contribution in [0.2, 0.25) is 0 Å². The van der Waals surface area contributed by atoms with Gasteiger partial charge in [-0.05, 0) is 19.1 Å². The molecule has 0 heterocycles.